The van der Waals surface area contributed by atoms with Gasteiger partial charge in [0.05, 0.1) is 13.2 Å². The van der Waals surface area contributed by atoms with Gasteiger partial charge < -0.3 is 9.47 Å². The molecule has 0 spiro atoms. The zero-order valence-electron chi connectivity index (χ0n) is 23.8. The first-order chi connectivity index (χ1) is 16.8. The molecule has 2 aromatic rings. The van der Waals surface area contributed by atoms with Gasteiger partial charge in [-0.3, -0.25) is 0 Å². The number of fused-ring (bicyclic) bond motifs is 7. The highest BCUT2D eigenvalue weighted by Crippen LogP contribution is 2.47. The van der Waals surface area contributed by atoms with Crippen molar-refractivity contribution in [2.45, 2.75) is 129 Å². The Morgan fingerprint density at radius 1 is 0.528 bits per heavy atom. The van der Waals surface area contributed by atoms with E-state index in [2.05, 4.69) is 31.2 Å². The normalized spacial score (nSPS) is 14.7. The third-order valence-electron chi connectivity index (χ3n) is 6.29. The highest BCUT2D eigenvalue weighted by Gasteiger charge is 2.27. The molecule has 0 radical (unpaired) electrons. The first-order valence-electron chi connectivity index (χ1n) is 14.4. The van der Waals surface area contributed by atoms with Crippen LogP contribution in [0.2, 0.25) is 0 Å². The van der Waals surface area contributed by atoms with Crippen molar-refractivity contribution in [3.8, 4) is 22.6 Å². The lowest BCUT2D eigenvalue weighted by molar-refractivity contribution is 0.192. The van der Waals surface area contributed by atoms with Crippen molar-refractivity contribution in [3.63, 3.8) is 0 Å². The molecule has 36 heavy (non-hydrogen) atoms. The Hall–Kier alpha value is -1.96. The Labute approximate surface area is 226 Å². The Bertz CT molecular complexity index is 768. The third kappa shape index (κ3) is 8.56. The van der Waals surface area contributed by atoms with E-state index in [9.17, 15) is 0 Å². The van der Waals surface area contributed by atoms with Crippen LogP contribution in [0, 0.1) is 5.92 Å². The minimum Gasteiger partial charge on any atom is -0.493 e. The maximum absolute atomic E-state index is 6.35. The highest BCUT2D eigenvalue weighted by atomic mass is 16.5. The molecule has 0 saturated carbocycles. The molecule has 3 aliphatic rings. The van der Waals surface area contributed by atoms with Crippen LogP contribution in [0.25, 0.3) is 11.1 Å². The highest BCUT2D eigenvalue weighted by molar-refractivity contribution is 5.83. The second-order valence-corrected chi connectivity index (χ2v) is 8.29. The maximum Gasteiger partial charge on any atom is 0.127 e. The van der Waals surface area contributed by atoms with Gasteiger partial charge in [-0.25, -0.2) is 0 Å². The van der Waals surface area contributed by atoms with Gasteiger partial charge >= 0.3 is 0 Å². The van der Waals surface area contributed by atoms with Crippen molar-refractivity contribution in [1.82, 2.24) is 0 Å². The lowest BCUT2D eigenvalue weighted by Crippen LogP contribution is -2.16. The van der Waals surface area contributed by atoms with E-state index < -0.39 is 0 Å². The SMILES string of the molecule is C.C.CC.CC.CC.CC.CC1COc2ccc3c(c2-c2c(ccc4c2CCCC4)OC1)CCCC3. The summed E-state index contributed by atoms with van der Waals surface area (Å²) in [5.41, 5.74) is 8.78. The molecular formula is C34H60O2. The fourth-order valence-corrected chi connectivity index (χ4v) is 4.91. The van der Waals surface area contributed by atoms with E-state index in [-0.39, 0.29) is 14.9 Å². The van der Waals surface area contributed by atoms with E-state index in [0.717, 1.165) is 24.7 Å². The average molecular weight is 501 g/mol. The Morgan fingerprint density at radius 2 is 0.861 bits per heavy atom. The molecule has 1 heterocycles. The van der Waals surface area contributed by atoms with E-state index in [1.165, 1.54) is 84.7 Å². The van der Waals surface area contributed by atoms with Crippen molar-refractivity contribution in [1.29, 1.82) is 0 Å². The lowest BCUT2D eigenvalue weighted by Gasteiger charge is -2.27. The van der Waals surface area contributed by atoms with Gasteiger partial charge in [0.15, 0.2) is 0 Å². The van der Waals surface area contributed by atoms with Crippen molar-refractivity contribution >= 4 is 0 Å². The van der Waals surface area contributed by atoms with E-state index in [0.29, 0.717) is 5.92 Å². The standard InChI is InChI=1S/C24H28O2.4C2H6.2CH4/c1-16-14-25-21-12-10-17-6-2-4-8-19(17)23(21)24-20-9-5-3-7-18(20)11-13-22(24)26-15-16;4*1-2;;/h10-13,16H,2-9,14-15H2,1H3;4*1-2H3;2*1H4. The van der Waals surface area contributed by atoms with Gasteiger partial charge in [-0.15, -0.1) is 0 Å². The minimum atomic E-state index is 0. The summed E-state index contributed by atoms with van der Waals surface area (Å²) in [6, 6.07) is 9.07. The molecule has 0 fully saturated rings. The van der Waals surface area contributed by atoms with Crippen molar-refractivity contribution in [2.75, 3.05) is 13.2 Å². The largest absolute Gasteiger partial charge is 0.493 e. The van der Waals surface area contributed by atoms with Crippen LogP contribution in [0.3, 0.4) is 0 Å². The van der Waals surface area contributed by atoms with Gasteiger partial charge in [-0.05, 0) is 85.8 Å². The molecular weight excluding hydrogens is 440 g/mol. The van der Waals surface area contributed by atoms with Crippen molar-refractivity contribution in [3.05, 3.63) is 46.5 Å². The van der Waals surface area contributed by atoms with E-state index in [1.54, 1.807) is 0 Å². The molecule has 0 amide bonds. The molecule has 2 heteroatoms. The molecule has 2 aliphatic carbocycles. The van der Waals surface area contributed by atoms with Crippen LogP contribution < -0.4 is 9.47 Å². The first-order valence-corrected chi connectivity index (χ1v) is 14.4. The molecule has 0 unspecified atom stereocenters. The summed E-state index contributed by atoms with van der Waals surface area (Å²) in [6.07, 6.45) is 9.91. The molecule has 5 rings (SSSR count). The van der Waals surface area contributed by atoms with Crippen LogP contribution in [-0.2, 0) is 25.7 Å². The molecule has 208 valence electrons. The van der Waals surface area contributed by atoms with Crippen LogP contribution in [0.15, 0.2) is 24.3 Å². The van der Waals surface area contributed by atoms with Crippen LogP contribution in [0.5, 0.6) is 11.5 Å². The van der Waals surface area contributed by atoms with Crippen LogP contribution >= 0.6 is 0 Å². The van der Waals surface area contributed by atoms with Crippen molar-refractivity contribution in [2.24, 2.45) is 5.92 Å². The molecule has 0 atom stereocenters. The second-order valence-electron chi connectivity index (χ2n) is 8.29. The number of benzene rings is 2. The second kappa shape index (κ2) is 20.1. The molecule has 0 saturated heterocycles. The predicted octanol–water partition coefficient (Wildman–Crippen LogP) is 10.9. The van der Waals surface area contributed by atoms with Gasteiger partial charge in [-0.2, -0.15) is 0 Å². The Balaban J connectivity index is 0. The third-order valence-corrected chi connectivity index (χ3v) is 6.29. The van der Waals surface area contributed by atoms with Gasteiger partial charge in [0, 0.05) is 17.0 Å². The molecule has 1 aliphatic heterocycles. The summed E-state index contributed by atoms with van der Waals surface area (Å²) < 4.78 is 12.7. The van der Waals surface area contributed by atoms with Crippen LogP contribution in [-0.4, -0.2) is 13.2 Å². The molecule has 2 nitrogen and oxygen atoms in total. The van der Waals surface area contributed by atoms with Crippen molar-refractivity contribution < 1.29 is 9.47 Å². The van der Waals surface area contributed by atoms with E-state index in [4.69, 9.17) is 9.47 Å². The van der Waals surface area contributed by atoms with Crippen LogP contribution in [0.4, 0.5) is 0 Å². The van der Waals surface area contributed by atoms with Gasteiger partial charge in [0.2, 0.25) is 0 Å². The summed E-state index contributed by atoms with van der Waals surface area (Å²) in [4.78, 5) is 0. The van der Waals surface area contributed by atoms with Gasteiger partial charge in [-0.1, -0.05) is 89.3 Å². The Kier molecular flexibility index (Phi) is 20.2. The molecule has 2 aromatic carbocycles. The zero-order chi connectivity index (χ0) is 25.5. The fraction of sp³-hybridized carbons (Fsp3) is 0.647. The maximum atomic E-state index is 6.35. The number of ether oxygens (including phenoxy) is 2. The fourth-order valence-electron chi connectivity index (χ4n) is 4.91. The summed E-state index contributed by atoms with van der Waals surface area (Å²) in [5, 5.41) is 0. The molecule has 0 aromatic heterocycles. The minimum absolute atomic E-state index is 0. The lowest BCUT2D eigenvalue weighted by atomic mass is 9.80. The quantitative estimate of drug-likeness (QED) is 0.358. The molecule has 0 N–H and O–H groups in total. The van der Waals surface area contributed by atoms with E-state index >= 15 is 0 Å². The number of hydrogen-bond donors (Lipinski definition) is 0. The van der Waals surface area contributed by atoms with Crippen LogP contribution in [0.1, 0.15) is 125 Å². The predicted molar refractivity (Wildman–Crippen MR) is 164 cm³/mol. The average Bonchev–Trinajstić information content (AvgIpc) is 3.01. The van der Waals surface area contributed by atoms with Gasteiger partial charge in [0.25, 0.3) is 0 Å². The summed E-state index contributed by atoms with van der Waals surface area (Å²) >= 11 is 0. The first kappa shape index (κ1) is 36.2. The Morgan fingerprint density at radius 3 is 1.22 bits per heavy atom. The summed E-state index contributed by atoms with van der Waals surface area (Å²) in [7, 11) is 0. The summed E-state index contributed by atoms with van der Waals surface area (Å²) in [6.45, 7) is 19.7. The van der Waals surface area contributed by atoms with Gasteiger partial charge in [0.1, 0.15) is 11.5 Å². The topological polar surface area (TPSA) is 18.5 Å². The number of rotatable bonds is 0. The number of aryl methyl sites for hydroxylation is 2. The number of hydrogen-bond acceptors (Lipinski definition) is 2. The zero-order valence-corrected chi connectivity index (χ0v) is 23.8. The monoisotopic (exact) mass is 500 g/mol. The van der Waals surface area contributed by atoms with E-state index in [1.807, 2.05) is 55.4 Å². The molecule has 0 bridgehead atoms. The smallest absolute Gasteiger partial charge is 0.127 e. The summed E-state index contributed by atoms with van der Waals surface area (Å²) in [5.74, 6) is 2.53.